The molecule has 0 radical (unpaired) electrons. The summed E-state index contributed by atoms with van der Waals surface area (Å²) in [4.78, 5) is 41.3. The smallest absolute Gasteiger partial charge is 0.332 e. The number of carbonyl (C=O) groups excluding carboxylic acids is 1. The maximum absolute atomic E-state index is 12.9. The molecular weight excluding hydrogens is 326 g/mol. The number of methoxy groups -OCH3 is 1. The zero-order valence-corrected chi connectivity index (χ0v) is 14.8. The van der Waals surface area contributed by atoms with E-state index < -0.39 is 17.2 Å². The molecule has 0 aliphatic carbocycles. The van der Waals surface area contributed by atoms with Gasteiger partial charge in [-0.3, -0.25) is 23.1 Å². The first kappa shape index (κ1) is 17.0. The standard InChI is InChI=1S/C16H21N5O4/c1-5-7-19-10(2)9-21-12-13(17-15(19)21)18(3)16(24)20(14(12)23)8-6-11(22)25-4/h9H,5-8H2,1-4H3. The topological polar surface area (TPSA) is 92.5 Å². The summed E-state index contributed by atoms with van der Waals surface area (Å²) in [5, 5.41) is 0. The van der Waals surface area contributed by atoms with Gasteiger partial charge in [-0.25, -0.2) is 4.79 Å². The Bertz CT molecular complexity index is 1080. The number of aromatic nitrogens is 5. The molecular formula is C16H21N5O4. The summed E-state index contributed by atoms with van der Waals surface area (Å²) in [7, 11) is 2.84. The summed E-state index contributed by atoms with van der Waals surface area (Å²) in [6, 6.07) is 0. The van der Waals surface area contributed by atoms with Crippen LogP contribution in [0.3, 0.4) is 0 Å². The normalized spacial score (nSPS) is 11.5. The van der Waals surface area contributed by atoms with Crippen molar-refractivity contribution in [3.63, 3.8) is 0 Å². The molecule has 9 heteroatoms. The van der Waals surface area contributed by atoms with Gasteiger partial charge in [-0.2, -0.15) is 4.98 Å². The van der Waals surface area contributed by atoms with Crippen LogP contribution >= 0.6 is 0 Å². The van der Waals surface area contributed by atoms with Crippen LogP contribution in [0.5, 0.6) is 0 Å². The van der Waals surface area contributed by atoms with E-state index in [0.717, 1.165) is 23.2 Å². The van der Waals surface area contributed by atoms with Crippen molar-refractivity contribution < 1.29 is 9.53 Å². The highest BCUT2D eigenvalue weighted by Crippen LogP contribution is 2.16. The fourth-order valence-corrected chi connectivity index (χ4v) is 3.06. The van der Waals surface area contributed by atoms with Crippen LogP contribution in [0.25, 0.3) is 16.9 Å². The van der Waals surface area contributed by atoms with E-state index in [1.165, 1.54) is 11.7 Å². The Morgan fingerprint density at radius 1 is 1.24 bits per heavy atom. The molecule has 3 aromatic rings. The molecule has 0 atom stereocenters. The SMILES string of the molecule is CCCn1c(C)cn2c3c(=O)n(CCC(=O)OC)c(=O)n(C)c3nc12. The molecule has 0 saturated heterocycles. The Labute approximate surface area is 143 Å². The Morgan fingerprint density at radius 3 is 2.60 bits per heavy atom. The second-order valence-corrected chi connectivity index (χ2v) is 6.00. The van der Waals surface area contributed by atoms with Gasteiger partial charge in [0.25, 0.3) is 5.56 Å². The zero-order valence-electron chi connectivity index (χ0n) is 14.8. The van der Waals surface area contributed by atoms with E-state index in [-0.39, 0.29) is 13.0 Å². The van der Waals surface area contributed by atoms with Crippen molar-refractivity contribution in [2.45, 2.75) is 39.8 Å². The molecule has 9 nitrogen and oxygen atoms in total. The predicted molar refractivity (Wildman–Crippen MR) is 91.9 cm³/mol. The lowest BCUT2D eigenvalue weighted by Gasteiger charge is -2.07. The van der Waals surface area contributed by atoms with E-state index >= 15 is 0 Å². The molecule has 0 aliphatic rings. The number of esters is 1. The summed E-state index contributed by atoms with van der Waals surface area (Å²) in [6.45, 7) is 4.76. The van der Waals surface area contributed by atoms with Crippen molar-refractivity contribution in [3.8, 4) is 0 Å². The average molecular weight is 347 g/mol. The number of fused-ring (bicyclic) bond motifs is 3. The Kier molecular flexibility index (Phi) is 4.23. The van der Waals surface area contributed by atoms with Crippen molar-refractivity contribution in [3.05, 3.63) is 32.7 Å². The minimum absolute atomic E-state index is 0.0317. The maximum atomic E-state index is 12.9. The fourth-order valence-electron chi connectivity index (χ4n) is 3.06. The lowest BCUT2D eigenvalue weighted by molar-refractivity contribution is -0.140. The highest BCUT2D eigenvalue weighted by Gasteiger charge is 2.20. The van der Waals surface area contributed by atoms with Crippen LogP contribution in [-0.4, -0.2) is 36.2 Å². The number of carbonyl (C=O) groups is 1. The van der Waals surface area contributed by atoms with Crippen molar-refractivity contribution in [1.29, 1.82) is 0 Å². The first-order chi connectivity index (χ1) is 11.9. The van der Waals surface area contributed by atoms with Gasteiger partial charge in [0.15, 0.2) is 11.2 Å². The molecule has 0 saturated carbocycles. The highest BCUT2D eigenvalue weighted by atomic mass is 16.5. The van der Waals surface area contributed by atoms with Gasteiger partial charge in [-0.1, -0.05) is 6.92 Å². The van der Waals surface area contributed by atoms with Crippen molar-refractivity contribution in [1.82, 2.24) is 23.1 Å². The molecule has 3 aromatic heterocycles. The Morgan fingerprint density at radius 2 is 1.96 bits per heavy atom. The van der Waals surface area contributed by atoms with E-state index in [1.54, 1.807) is 11.4 Å². The molecule has 134 valence electrons. The van der Waals surface area contributed by atoms with Crippen molar-refractivity contribution in [2.75, 3.05) is 7.11 Å². The molecule has 25 heavy (non-hydrogen) atoms. The summed E-state index contributed by atoms with van der Waals surface area (Å²) in [6.07, 6.45) is 2.72. The van der Waals surface area contributed by atoms with Crippen LogP contribution < -0.4 is 11.2 Å². The number of hydrogen-bond acceptors (Lipinski definition) is 5. The second kappa shape index (κ2) is 6.23. The van der Waals surface area contributed by atoms with E-state index in [1.807, 2.05) is 17.7 Å². The largest absolute Gasteiger partial charge is 0.469 e. The van der Waals surface area contributed by atoms with Gasteiger partial charge in [-0.15, -0.1) is 0 Å². The number of nitrogens with zero attached hydrogens (tertiary/aromatic N) is 5. The monoisotopic (exact) mass is 347 g/mol. The Hall–Kier alpha value is -2.84. The van der Waals surface area contributed by atoms with Gasteiger partial charge in [0.05, 0.1) is 13.5 Å². The summed E-state index contributed by atoms with van der Waals surface area (Å²) in [5.74, 6) is 0.157. The Balaban J connectivity index is 2.29. The van der Waals surface area contributed by atoms with E-state index in [0.29, 0.717) is 16.9 Å². The molecule has 0 fully saturated rings. The van der Waals surface area contributed by atoms with Crippen LogP contribution in [0.4, 0.5) is 0 Å². The third-order valence-corrected chi connectivity index (χ3v) is 4.35. The molecule has 3 rings (SSSR count). The first-order valence-corrected chi connectivity index (χ1v) is 8.15. The van der Waals surface area contributed by atoms with Crippen molar-refractivity contribution >= 4 is 22.9 Å². The van der Waals surface area contributed by atoms with Crippen LogP contribution in [0, 0.1) is 6.92 Å². The van der Waals surface area contributed by atoms with Gasteiger partial charge in [0.2, 0.25) is 5.78 Å². The number of rotatable bonds is 5. The molecule has 0 aromatic carbocycles. The molecule has 3 heterocycles. The fraction of sp³-hybridized carbons (Fsp3) is 0.500. The number of hydrogen-bond donors (Lipinski definition) is 0. The lowest BCUT2D eigenvalue weighted by atomic mass is 10.4. The lowest BCUT2D eigenvalue weighted by Crippen LogP contribution is -2.39. The molecule has 0 aliphatic heterocycles. The summed E-state index contributed by atoms with van der Waals surface area (Å²) >= 11 is 0. The summed E-state index contributed by atoms with van der Waals surface area (Å²) in [5.41, 5.74) is 0.703. The predicted octanol–water partition coefficient (Wildman–Crippen LogP) is 0.431. The van der Waals surface area contributed by atoms with E-state index in [2.05, 4.69) is 16.6 Å². The minimum atomic E-state index is -0.499. The number of ether oxygens (including phenoxy) is 1. The van der Waals surface area contributed by atoms with Crippen LogP contribution in [0.1, 0.15) is 25.5 Å². The van der Waals surface area contributed by atoms with Crippen LogP contribution in [0.2, 0.25) is 0 Å². The number of aryl methyl sites for hydroxylation is 3. The van der Waals surface area contributed by atoms with Crippen LogP contribution in [-0.2, 0) is 29.7 Å². The quantitative estimate of drug-likeness (QED) is 0.624. The molecule has 0 unspecified atom stereocenters. The molecule has 0 amide bonds. The van der Waals surface area contributed by atoms with Gasteiger partial charge in [-0.05, 0) is 13.3 Å². The molecule has 0 N–H and O–H groups in total. The van der Waals surface area contributed by atoms with Gasteiger partial charge >= 0.3 is 11.7 Å². The van der Waals surface area contributed by atoms with Crippen molar-refractivity contribution in [2.24, 2.45) is 7.05 Å². The van der Waals surface area contributed by atoms with Crippen LogP contribution in [0.15, 0.2) is 15.8 Å². The number of imidazole rings is 2. The van der Waals surface area contributed by atoms with Gasteiger partial charge in [0, 0.05) is 32.0 Å². The average Bonchev–Trinajstić information content (AvgIpc) is 3.09. The highest BCUT2D eigenvalue weighted by molar-refractivity contribution is 5.75. The minimum Gasteiger partial charge on any atom is -0.469 e. The first-order valence-electron chi connectivity index (χ1n) is 8.15. The summed E-state index contributed by atoms with van der Waals surface area (Å²) < 4.78 is 10.7. The zero-order chi connectivity index (χ0) is 18.3. The molecule has 0 bridgehead atoms. The second-order valence-electron chi connectivity index (χ2n) is 6.00. The van der Waals surface area contributed by atoms with Gasteiger partial charge < -0.3 is 9.30 Å². The third kappa shape index (κ3) is 2.55. The van der Waals surface area contributed by atoms with E-state index in [9.17, 15) is 14.4 Å². The van der Waals surface area contributed by atoms with E-state index in [4.69, 9.17) is 0 Å². The third-order valence-electron chi connectivity index (χ3n) is 4.35. The van der Waals surface area contributed by atoms with Gasteiger partial charge in [0.1, 0.15) is 0 Å². The molecule has 0 spiro atoms. The maximum Gasteiger partial charge on any atom is 0.332 e.